The van der Waals surface area contributed by atoms with E-state index in [9.17, 15) is 4.79 Å². The Labute approximate surface area is 139 Å². The van der Waals surface area contributed by atoms with Crippen LogP contribution in [0.1, 0.15) is 33.1 Å². The van der Waals surface area contributed by atoms with Crippen molar-refractivity contribution >= 4 is 16.9 Å². The summed E-state index contributed by atoms with van der Waals surface area (Å²) in [7, 11) is 1.99. The van der Waals surface area contributed by atoms with Crippen LogP contribution in [0.3, 0.4) is 0 Å². The van der Waals surface area contributed by atoms with Crippen molar-refractivity contribution in [3.8, 4) is 0 Å². The lowest BCUT2D eigenvalue weighted by molar-refractivity contribution is 0.0922. The van der Waals surface area contributed by atoms with Crippen molar-refractivity contribution in [3.05, 3.63) is 46.5 Å². The van der Waals surface area contributed by atoms with Gasteiger partial charge in [-0.05, 0) is 24.6 Å². The lowest BCUT2D eigenvalue weighted by atomic mass is 10.1. The third kappa shape index (κ3) is 2.46. The molecule has 4 rings (SSSR count). The number of aromatic nitrogens is 4. The molecule has 2 aromatic heterocycles. The monoisotopic (exact) mass is 325 g/mol. The first-order chi connectivity index (χ1) is 11.6. The second-order valence-corrected chi connectivity index (χ2v) is 6.06. The van der Waals surface area contributed by atoms with Gasteiger partial charge in [-0.25, -0.2) is 4.98 Å². The Morgan fingerprint density at radius 2 is 2.33 bits per heavy atom. The minimum absolute atomic E-state index is 0.185. The van der Waals surface area contributed by atoms with Crippen LogP contribution >= 0.6 is 0 Å². The van der Waals surface area contributed by atoms with E-state index in [1.165, 1.54) is 0 Å². The fourth-order valence-electron chi connectivity index (χ4n) is 3.04. The van der Waals surface area contributed by atoms with Crippen LogP contribution in [-0.2, 0) is 31.4 Å². The first-order valence-electron chi connectivity index (χ1n) is 7.97. The zero-order chi connectivity index (χ0) is 16.7. The van der Waals surface area contributed by atoms with Gasteiger partial charge in [-0.3, -0.25) is 9.89 Å². The van der Waals surface area contributed by atoms with E-state index in [0.29, 0.717) is 25.5 Å². The molecular formula is C17H19N5O2. The molecule has 0 saturated carbocycles. The van der Waals surface area contributed by atoms with Gasteiger partial charge in [0, 0.05) is 31.3 Å². The van der Waals surface area contributed by atoms with Gasteiger partial charge in [0.15, 0.2) is 5.69 Å². The second kappa shape index (κ2) is 5.76. The highest BCUT2D eigenvalue weighted by molar-refractivity contribution is 5.94. The van der Waals surface area contributed by atoms with Crippen LogP contribution in [0, 0.1) is 6.92 Å². The number of nitrogens with one attached hydrogen (secondary N) is 2. The zero-order valence-electron chi connectivity index (χ0n) is 13.7. The Hall–Kier alpha value is -2.67. The minimum Gasteiger partial charge on any atom is -0.376 e. The first kappa shape index (κ1) is 14.9. The quantitative estimate of drug-likeness (QED) is 0.766. The molecule has 2 N–H and O–H groups in total. The van der Waals surface area contributed by atoms with Gasteiger partial charge in [0.1, 0.15) is 5.82 Å². The molecule has 0 saturated heterocycles. The lowest BCUT2D eigenvalue weighted by Crippen LogP contribution is -2.25. The number of aryl methyl sites for hydroxylation is 2. The van der Waals surface area contributed by atoms with E-state index in [4.69, 9.17) is 4.74 Å². The molecule has 1 amide bonds. The van der Waals surface area contributed by atoms with Crippen molar-refractivity contribution in [2.24, 2.45) is 7.05 Å². The molecule has 3 aromatic rings. The van der Waals surface area contributed by atoms with Gasteiger partial charge >= 0.3 is 0 Å². The number of hydrogen-bond acceptors (Lipinski definition) is 4. The highest BCUT2D eigenvalue weighted by atomic mass is 16.5. The van der Waals surface area contributed by atoms with E-state index in [-0.39, 0.29) is 5.91 Å². The standard InChI is InChI=1S/C17H19N5O2/c1-10-19-14-7-11(3-4-15(14)22(10)2)8-18-17(23)16-12-9-24-6-5-13(12)20-21-16/h3-4,7H,5-6,8-9H2,1-2H3,(H,18,23)(H,20,21). The molecule has 0 fully saturated rings. The summed E-state index contributed by atoms with van der Waals surface area (Å²) in [5, 5.41) is 10.0. The highest BCUT2D eigenvalue weighted by Gasteiger charge is 2.21. The Morgan fingerprint density at radius 1 is 1.46 bits per heavy atom. The minimum atomic E-state index is -0.185. The number of carbonyl (C=O) groups is 1. The maximum atomic E-state index is 12.4. The summed E-state index contributed by atoms with van der Waals surface area (Å²) in [6, 6.07) is 6.04. The molecule has 7 heteroatoms. The molecule has 0 aliphatic carbocycles. The number of ether oxygens (including phenoxy) is 1. The van der Waals surface area contributed by atoms with Crippen LogP contribution in [0.2, 0.25) is 0 Å². The third-order valence-electron chi connectivity index (χ3n) is 4.53. The first-order valence-corrected chi connectivity index (χ1v) is 7.97. The number of H-pyrrole nitrogens is 1. The molecule has 1 aromatic carbocycles. The van der Waals surface area contributed by atoms with Crippen molar-refractivity contribution in [3.63, 3.8) is 0 Å². The molecule has 3 heterocycles. The smallest absolute Gasteiger partial charge is 0.272 e. The molecule has 0 unspecified atom stereocenters. The predicted molar refractivity (Wildman–Crippen MR) is 88.6 cm³/mol. The molecule has 124 valence electrons. The summed E-state index contributed by atoms with van der Waals surface area (Å²) in [6.07, 6.45) is 0.769. The number of rotatable bonds is 3. The third-order valence-corrected chi connectivity index (χ3v) is 4.53. The number of benzene rings is 1. The molecule has 0 atom stereocenters. The number of fused-ring (bicyclic) bond motifs is 2. The van der Waals surface area contributed by atoms with Gasteiger partial charge in [-0.15, -0.1) is 0 Å². The van der Waals surface area contributed by atoms with Gasteiger partial charge in [-0.1, -0.05) is 6.07 Å². The van der Waals surface area contributed by atoms with Crippen molar-refractivity contribution < 1.29 is 9.53 Å². The second-order valence-electron chi connectivity index (χ2n) is 6.06. The molecule has 0 bridgehead atoms. The van der Waals surface area contributed by atoms with E-state index in [1.54, 1.807) is 0 Å². The van der Waals surface area contributed by atoms with Gasteiger partial charge in [0.2, 0.25) is 0 Å². The molecule has 1 aliphatic heterocycles. The van der Waals surface area contributed by atoms with Crippen LogP contribution in [0.5, 0.6) is 0 Å². The Morgan fingerprint density at radius 3 is 3.21 bits per heavy atom. The van der Waals surface area contributed by atoms with E-state index in [1.807, 2.05) is 36.7 Å². The molecule has 24 heavy (non-hydrogen) atoms. The SMILES string of the molecule is Cc1nc2cc(CNC(=O)c3n[nH]c4c3COCC4)ccc2n1C. The fourth-order valence-corrected chi connectivity index (χ4v) is 3.04. The Bertz CT molecular complexity index is 925. The number of carbonyl (C=O) groups excluding carboxylic acids is 1. The number of hydrogen-bond donors (Lipinski definition) is 2. The van der Waals surface area contributed by atoms with Gasteiger partial charge < -0.3 is 14.6 Å². The van der Waals surface area contributed by atoms with Crippen molar-refractivity contribution in [2.45, 2.75) is 26.5 Å². The van der Waals surface area contributed by atoms with Crippen LogP contribution in [0.25, 0.3) is 11.0 Å². The molecular weight excluding hydrogens is 306 g/mol. The summed E-state index contributed by atoms with van der Waals surface area (Å²) in [5.74, 6) is 0.782. The van der Waals surface area contributed by atoms with Crippen LogP contribution in [0.4, 0.5) is 0 Å². The average molecular weight is 325 g/mol. The maximum absolute atomic E-state index is 12.4. The van der Waals surface area contributed by atoms with Gasteiger partial charge in [0.05, 0.1) is 24.2 Å². The summed E-state index contributed by atoms with van der Waals surface area (Å²) in [5.41, 5.74) is 5.33. The number of nitrogens with zero attached hydrogens (tertiary/aromatic N) is 3. The van der Waals surface area contributed by atoms with E-state index < -0.39 is 0 Å². The van der Waals surface area contributed by atoms with Crippen LogP contribution in [-0.4, -0.2) is 32.3 Å². The fraction of sp³-hybridized carbons (Fsp3) is 0.353. The van der Waals surface area contributed by atoms with E-state index >= 15 is 0 Å². The van der Waals surface area contributed by atoms with Crippen molar-refractivity contribution in [2.75, 3.05) is 6.61 Å². The molecule has 0 spiro atoms. The van der Waals surface area contributed by atoms with Gasteiger partial charge in [0.25, 0.3) is 5.91 Å². The van der Waals surface area contributed by atoms with Gasteiger partial charge in [-0.2, -0.15) is 5.10 Å². The number of aromatic amines is 1. The highest BCUT2D eigenvalue weighted by Crippen LogP contribution is 2.19. The Balaban J connectivity index is 1.50. The van der Waals surface area contributed by atoms with Crippen molar-refractivity contribution in [1.82, 2.24) is 25.1 Å². The van der Waals surface area contributed by atoms with Crippen molar-refractivity contribution in [1.29, 1.82) is 0 Å². The van der Waals surface area contributed by atoms with E-state index in [0.717, 1.165) is 40.1 Å². The normalized spacial score (nSPS) is 13.9. The van der Waals surface area contributed by atoms with Crippen LogP contribution < -0.4 is 5.32 Å². The predicted octanol–water partition coefficient (Wildman–Crippen LogP) is 1.61. The number of imidazole rings is 1. The molecule has 7 nitrogen and oxygen atoms in total. The zero-order valence-corrected chi connectivity index (χ0v) is 13.7. The summed E-state index contributed by atoms with van der Waals surface area (Å²) in [6.45, 7) is 3.52. The lowest BCUT2D eigenvalue weighted by Gasteiger charge is -2.12. The summed E-state index contributed by atoms with van der Waals surface area (Å²) < 4.78 is 7.47. The summed E-state index contributed by atoms with van der Waals surface area (Å²) in [4.78, 5) is 16.9. The molecule has 1 aliphatic rings. The largest absolute Gasteiger partial charge is 0.376 e. The number of amides is 1. The van der Waals surface area contributed by atoms with E-state index in [2.05, 4.69) is 20.5 Å². The van der Waals surface area contributed by atoms with Crippen LogP contribution in [0.15, 0.2) is 18.2 Å². The topological polar surface area (TPSA) is 84.8 Å². The molecule has 0 radical (unpaired) electrons. The average Bonchev–Trinajstić information content (AvgIpc) is 3.14. The Kier molecular flexibility index (Phi) is 3.57. The summed E-state index contributed by atoms with van der Waals surface area (Å²) >= 11 is 0. The maximum Gasteiger partial charge on any atom is 0.272 e.